The SMILES string of the molecule is CN1CCc2[nH]nc(C(=O)N[C@@H]3COCC[C@@H]3OCC(=O)O)c2C1. The fourth-order valence-corrected chi connectivity index (χ4v) is 3.09. The molecule has 0 aliphatic carbocycles. The molecule has 24 heavy (non-hydrogen) atoms. The molecule has 2 atom stereocenters. The van der Waals surface area contributed by atoms with E-state index in [1.807, 2.05) is 7.05 Å². The van der Waals surface area contributed by atoms with Gasteiger partial charge < -0.3 is 24.8 Å². The molecule has 2 aliphatic heterocycles. The van der Waals surface area contributed by atoms with Gasteiger partial charge in [-0.1, -0.05) is 0 Å². The first kappa shape index (κ1) is 16.9. The van der Waals surface area contributed by atoms with Crippen LogP contribution in [0, 0.1) is 0 Å². The molecule has 3 heterocycles. The number of aromatic nitrogens is 2. The summed E-state index contributed by atoms with van der Waals surface area (Å²) in [4.78, 5) is 25.4. The van der Waals surface area contributed by atoms with E-state index < -0.39 is 5.97 Å². The Bertz CT molecular complexity index is 617. The first-order valence-corrected chi connectivity index (χ1v) is 8.01. The van der Waals surface area contributed by atoms with Crippen molar-refractivity contribution < 1.29 is 24.2 Å². The van der Waals surface area contributed by atoms with Gasteiger partial charge in [-0.05, 0) is 13.5 Å². The van der Waals surface area contributed by atoms with Crippen LogP contribution < -0.4 is 5.32 Å². The van der Waals surface area contributed by atoms with E-state index in [2.05, 4.69) is 20.4 Å². The summed E-state index contributed by atoms with van der Waals surface area (Å²) in [6.07, 6.45) is 0.999. The second-order valence-electron chi connectivity index (χ2n) is 6.20. The summed E-state index contributed by atoms with van der Waals surface area (Å²) < 4.78 is 10.8. The zero-order chi connectivity index (χ0) is 17.1. The van der Waals surface area contributed by atoms with Crippen molar-refractivity contribution in [2.75, 3.05) is 33.4 Å². The molecule has 9 nitrogen and oxygen atoms in total. The number of ether oxygens (including phenoxy) is 2. The Hall–Kier alpha value is -1.97. The highest BCUT2D eigenvalue weighted by Crippen LogP contribution is 2.20. The number of carboxylic acids is 1. The van der Waals surface area contributed by atoms with Gasteiger partial charge >= 0.3 is 5.97 Å². The Morgan fingerprint density at radius 3 is 3.17 bits per heavy atom. The van der Waals surface area contributed by atoms with Crippen LogP contribution in [-0.4, -0.2) is 77.6 Å². The Morgan fingerprint density at radius 2 is 2.38 bits per heavy atom. The van der Waals surface area contributed by atoms with Crippen LogP contribution in [0.4, 0.5) is 0 Å². The van der Waals surface area contributed by atoms with Crippen LogP contribution in [0.15, 0.2) is 0 Å². The van der Waals surface area contributed by atoms with Crippen molar-refractivity contribution in [1.29, 1.82) is 0 Å². The minimum absolute atomic E-state index is 0.290. The number of aromatic amines is 1. The van der Waals surface area contributed by atoms with Crippen molar-refractivity contribution >= 4 is 11.9 Å². The van der Waals surface area contributed by atoms with Crippen LogP contribution in [0.5, 0.6) is 0 Å². The molecule has 1 amide bonds. The van der Waals surface area contributed by atoms with Crippen molar-refractivity contribution in [2.45, 2.75) is 31.5 Å². The maximum Gasteiger partial charge on any atom is 0.329 e. The maximum absolute atomic E-state index is 12.6. The van der Waals surface area contributed by atoms with E-state index in [1.54, 1.807) is 0 Å². The van der Waals surface area contributed by atoms with Crippen LogP contribution in [0.3, 0.4) is 0 Å². The molecule has 0 radical (unpaired) electrons. The summed E-state index contributed by atoms with van der Waals surface area (Å²) in [6, 6.07) is -0.390. The number of nitrogens with one attached hydrogen (secondary N) is 2. The highest BCUT2D eigenvalue weighted by Gasteiger charge is 2.31. The number of carbonyl (C=O) groups is 2. The maximum atomic E-state index is 12.6. The van der Waals surface area contributed by atoms with Gasteiger partial charge in [-0.25, -0.2) is 4.79 Å². The van der Waals surface area contributed by atoms with Crippen LogP contribution in [0.1, 0.15) is 28.2 Å². The van der Waals surface area contributed by atoms with Gasteiger partial charge in [0, 0.05) is 37.4 Å². The third kappa shape index (κ3) is 3.74. The zero-order valence-corrected chi connectivity index (χ0v) is 13.6. The standard InChI is InChI=1S/C15H22N4O5/c1-19-4-2-10-9(6-19)14(18-17-10)15(22)16-11-7-23-5-3-12(11)24-8-13(20)21/h11-12H,2-8H2,1H3,(H,16,22)(H,17,18)(H,20,21)/t11-,12+/m1/s1. The fourth-order valence-electron chi connectivity index (χ4n) is 3.09. The summed E-state index contributed by atoms with van der Waals surface area (Å²) in [6.45, 7) is 1.99. The molecular formula is C15H22N4O5. The van der Waals surface area contributed by atoms with Gasteiger partial charge in [0.2, 0.25) is 0 Å². The summed E-state index contributed by atoms with van der Waals surface area (Å²) in [5, 5.41) is 18.7. The smallest absolute Gasteiger partial charge is 0.329 e. The van der Waals surface area contributed by atoms with Crippen LogP contribution >= 0.6 is 0 Å². The van der Waals surface area contributed by atoms with Gasteiger partial charge in [0.1, 0.15) is 6.61 Å². The highest BCUT2D eigenvalue weighted by atomic mass is 16.5. The number of hydrogen-bond donors (Lipinski definition) is 3. The third-order valence-corrected chi connectivity index (χ3v) is 4.37. The zero-order valence-electron chi connectivity index (χ0n) is 13.6. The van der Waals surface area contributed by atoms with Gasteiger partial charge in [-0.3, -0.25) is 9.89 Å². The minimum atomic E-state index is -1.03. The van der Waals surface area contributed by atoms with E-state index in [4.69, 9.17) is 14.6 Å². The number of nitrogens with zero attached hydrogens (tertiary/aromatic N) is 2. The lowest BCUT2D eigenvalue weighted by atomic mass is 10.0. The largest absolute Gasteiger partial charge is 0.480 e. The van der Waals surface area contributed by atoms with Crippen molar-refractivity contribution in [3.05, 3.63) is 17.0 Å². The molecule has 3 N–H and O–H groups in total. The molecule has 0 spiro atoms. The summed E-state index contributed by atoms with van der Waals surface area (Å²) in [5.41, 5.74) is 2.30. The Morgan fingerprint density at radius 1 is 1.54 bits per heavy atom. The number of amides is 1. The van der Waals surface area contributed by atoms with Crippen molar-refractivity contribution in [1.82, 2.24) is 20.4 Å². The van der Waals surface area contributed by atoms with Crippen LogP contribution in [-0.2, 0) is 27.2 Å². The van der Waals surface area contributed by atoms with Crippen molar-refractivity contribution in [3.8, 4) is 0 Å². The number of aliphatic carboxylic acids is 1. The minimum Gasteiger partial charge on any atom is -0.480 e. The highest BCUT2D eigenvalue weighted by molar-refractivity contribution is 5.94. The lowest BCUT2D eigenvalue weighted by molar-refractivity contribution is -0.147. The number of rotatable bonds is 5. The Kier molecular flexibility index (Phi) is 5.12. The van der Waals surface area contributed by atoms with E-state index in [9.17, 15) is 9.59 Å². The van der Waals surface area contributed by atoms with E-state index in [-0.39, 0.29) is 24.7 Å². The monoisotopic (exact) mass is 338 g/mol. The molecule has 0 aromatic carbocycles. The third-order valence-electron chi connectivity index (χ3n) is 4.37. The van der Waals surface area contributed by atoms with E-state index in [0.29, 0.717) is 31.9 Å². The molecule has 1 saturated heterocycles. The van der Waals surface area contributed by atoms with Gasteiger partial charge in [0.25, 0.3) is 5.91 Å². The first-order valence-electron chi connectivity index (χ1n) is 8.01. The summed E-state index contributed by atoms with van der Waals surface area (Å²) >= 11 is 0. The number of fused-ring (bicyclic) bond motifs is 1. The molecule has 0 unspecified atom stereocenters. The predicted molar refractivity (Wildman–Crippen MR) is 82.7 cm³/mol. The molecule has 1 fully saturated rings. The Labute approximate surface area is 139 Å². The summed E-state index contributed by atoms with van der Waals surface area (Å²) in [7, 11) is 2.00. The molecule has 0 bridgehead atoms. The lowest BCUT2D eigenvalue weighted by Crippen LogP contribution is -2.51. The normalized spacial score (nSPS) is 24.4. The van der Waals surface area contributed by atoms with Crippen molar-refractivity contribution in [2.24, 2.45) is 0 Å². The lowest BCUT2D eigenvalue weighted by Gasteiger charge is -2.31. The molecule has 1 aromatic rings. The number of likely N-dealkylation sites (N-methyl/N-ethyl adjacent to an activating group) is 1. The average molecular weight is 338 g/mol. The van der Waals surface area contributed by atoms with Crippen LogP contribution in [0.25, 0.3) is 0 Å². The molecule has 0 saturated carbocycles. The van der Waals surface area contributed by atoms with Crippen LogP contribution in [0.2, 0.25) is 0 Å². The second-order valence-corrected chi connectivity index (χ2v) is 6.20. The van der Waals surface area contributed by atoms with Gasteiger partial charge in [0.05, 0.1) is 18.8 Å². The quantitative estimate of drug-likeness (QED) is 0.655. The van der Waals surface area contributed by atoms with Gasteiger partial charge in [-0.15, -0.1) is 0 Å². The van der Waals surface area contributed by atoms with E-state index in [0.717, 1.165) is 24.2 Å². The second kappa shape index (κ2) is 7.29. The predicted octanol–water partition coefficient (Wildman–Crippen LogP) is -0.614. The number of carboxylic acid groups (broad SMARTS) is 1. The average Bonchev–Trinajstić information content (AvgIpc) is 2.97. The Balaban J connectivity index is 1.67. The number of carbonyl (C=O) groups excluding carboxylic acids is 1. The number of H-pyrrole nitrogens is 1. The fraction of sp³-hybridized carbons (Fsp3) is 0.667. The molecule has 2 aliphatic rings. The first-order chi connectivity index (χ1) is 11.5. The molecule has 1 aromatic heterocycles. The van der Waals surface area contributed by atoms with Gasteiger partial charge in [0.15, 0.2) is 5.69 Å². The molecule has 9 heteroatoms. The topological polar surface area (TPSA) is 117 Å². The van der Waals surface area contributed by atoms with Crippen molar-refractivity contribution in [3.63, 3.8) is 0 Å². The molecule has 132 valence electrons. The number of hydrogen-bond acceptors (Lipinski definition) is 6. The van der Waals surface area contributed by atoms with Gasteiger partial charge in [-0.2, -0.15) is 5.10 Å². The molecular weight excluding hydrogens is 316 g/mol. The summed E-state index contributed by atoms with van der Waals surface area (Å²) in [5.74, 6) is -1.32. The van der Waals surface area contributed by atoms with E-state index >= 15 is 0 Å². The molecule has 3 rings (SSSR count). The van der Waals surface area contributed by atoms with E-state index in [1.165, 1.54) is 0 Å².